The first kappa shape index (κ1) is 29.2. The van der Waals surface area contributed by atoms with Crippen molar-refractivity contribution in [2.45, 2.75) is 66.6 Å². The number of sulfonamides is 1. The van der Waals surface area contributed by atoms with Crippen LogP contribution in [-0.2, 0) is 26.7 Å². The molecule has 2 aliphatic heterocycles. The summed E-state index contributed by atoms with van der Waals surface area (Å²) in [5.74, 6) is 1.39. The van der Waals surface area contributed by atoms with E-state index in [2.05, 4.69) is 14.6 Å². The zero-order valence-electron chi connectivity index (χ0n) is 22.7. The number of rotatable bonds is 5. The van der Waals surface area contributed by atoms with Gasteiger partial charge in [-0.25, -0.2) is 13.4 Å². The van der Waals surface area contributed by atoms with E-state index in [0.717, 1.165) is 43.0 Å². The second-order valence-corrected chi connectivity index (χ2v) is 14.3. The van der Waals surface area contributed by atoms with Crippen LogP contribution in [0.25, 0.3) is 0 Å². The van der Waals surface area contributed by atoms with E-state index in [-0.39, 0.29) is 34.9 Å². The predicted molar refractivity (Wildman–Crippen MR) is 161 cm³/mol. The third kappa shape index (κ3) is 4.46. The molecule has 3 aromatic rings. The highest BCUT2D eigenvalue weighted by molar-refractivity contribution is 7.93. The third-order valence-electron chi connectivity index (χ3n) is 9.40. The summed E-state index contributed by atoms with van der Waals surface area (Å²) in [6.45, 7) is 1.95. The molecule has 0 amide bonds. The molecule has 5 N–H and O–H groups in total. The van der Waals surface area contributed by atoms with E-state index >= 15 is 0 Å². The number of aromatic nitrogens is 1. The average molecular weight is 633 g/mol. The number of benzene rings is 2. The SMILES string of the molecule is Cl.Nc1ccc(S(=O)(=O)Nc2nccs2)cc1.O=C1CC[C@@]2(O)[C@H]3Cc4ccc(O)c5c4[C@@]2(CCN3CC2CC2)[C@H]1O5. The predicted octanol–water partition coefficient (Wildman–Crippen LogP) is 3.47. The molecule has 2 saturated carbocycles. The molecule has 10 nitrogen and oxygen atoms in total. The number of ketones is 1. The highest BCUT2D eigenvalue weighted by atomic mass is 35.5. The molecule has 3 fully saturated rings. The fourth-order valence-electron chi connectivity index (χ4n) is 7.36. The Balaban J connectivity index is 0.000000162. The summed E-state index contributed by atoms with van der Waals surface area (Å²) in [5.41, 5.74) is 6.46. The van der Waals surface area contributed by atoms with Crippen molar-refractivity contribution in [1.29, 1.82) is 0 Å². The summed E-state index contributed by atoms with van der Waals surface area (Å²) in [6, 6.07) is 9.67. The van der Waals surface area contributed by atoms with Crippen LogP contribution in [0.4, 0.5) is 10.8 Å². The minimum Gasteiger partial charge on any atom is -0.504 e. The van der Waals surface area contributed by atoms with Gasteiger partial charge in [-0.3, -0.25) is 14.4 Å². The Hall–Kier alpha value is -2.90. The molecule has 13 heteroatoms. The molecule has 1 saturated heterocycles. The van der Waals surface area contributed by atoms with Crippen LogP contribution < -0.4 is 15.2 Å². The van der Waals surface area contributed by atoms with Crippen LogP contribution in [0.5, 0.6) is 11.5 Å². The number of hydrogen-bond acceptors (Lipinski definition) is 10. The number of nitrogens with one attached hydrogen (secondary N) is 1. The van der Waals surface area contributed by atoms with Crippen molar-refractivity contribution in [3.63, 3.8) is 0 Å². The van der Waals surface area contributed by atoms with Crippen molar-refractivity contribution in [2.75, 3.05) is 23.5 Å². The molecule has 3 aliphatic carbocycles. The van der Waals surface area contributed by atoms with Gasteiger partial charge < -0.3 is 20.7 Å². The second kappa shape index (κ2) is 10.4. The first-order valence-electron chi connectivity index (χ1n) is 13.9. The van der Waals surface area contributed by atoms with Crippen molar-refractivity contribution < 1.29 is 28.2 Å². The average Bonchev–Trinajstić information content (AvgIpc) is 3.47. The van der Waals surface area contributed by atoms with Gasteiger partial charge in [-0.1, -0.05) is 6.07 Å². The maximum Gasteiger partial charge on any atom is 0.263 e. The van der Waals surface area contributed by atoms with Gasteiger partial charge in [0.05, 0.1) is 15.9 Å². The lowest BCUT2D eigenvalue weighted by Gasteiger charge is -2.62. The lowest BCUT2D eigenvalue weighted by atomic mass is 9.49. The zero-order chi connectivity index (χ0) is 28.6. The van der Waals surface area contributed by atoms with Crippen LogP contribution in [0.1, 0.15) is 43.2 Å². The van der Waals surface area contributed by atoms with Crippen LogP contribution >= 0.6 is 23.7 Å². The van der Waals surface area contributed by atoms with Gasteiger partial charge in [-0.05, 0) is 80.5 Å². The number of nitrogens with zero attached hydrogens (tertiary/aromatic N) is 2. The van der Waals surface area contributed by atoms with E-state index in [4.69, 9.17) is 10.5 Å². The fourth-order valence-corrected chi connectivity index (χ4v) is 9.15. The smallest absolute Gasteiger partial charge is 0.263 e. The van der Waals surface area contributed by atoms with Crippen LogP contribution in [0.15, 0.2) is 52.9 Å². The maximum absolute atomic E-state index is 12.7. The van der Waals surface area contributed by atoms with Crippen molar-refractivity contribution in [2.24, 2.45) is 5.92 Å². The number of halogens is 1. The molecule has 2 bridgehead atoms. The molecule has 0 unspecified atom stereocenters. The number of nitrogen functional groups attached to an aromatic ring is 1. The largest absolute Gasteiger partial charge is 0.504 e. The zero-order valence-corrected chi connectivity index (χ0v) is 25.2. The molecule has 224 valence electrons. The number of carbonyl (C=O) groups is 1. The molecular formula is C29H33ClN4O6S2. The Morgan fingerprint density at radius 2 is 1.93 bits per heavy atom. The number of aromatic hydroxyl groups is 1. The number of aliphatic hydroxyl groups is 1. The van der Waals surface area contributed by atoms with Crippen LogP contribution in [-0.4, -0.2) is 65.1 Å². The number of ether oxygens (including phenoxy) is 1. The highest BCUT2D eigenvalue weighted by Gasteiger charge is 2.73. The Labute approximate surface area is 254 Å². The topological polar surface area (TPSA) is 155 Å². The van der Waals surface area contributed by atoms with Gasteiger partial charge in [-0.15, -0.1) is 23.7 Å². The molecule has 4 atom stereocenters. The number of phenols is 1. The number of phenolic OH excluding ortho intramolecular Hbond substituents is 1. The summed E-state index contributed by atoms with van der Waals surface area (Å²) in [6.07, 6.45) is 5.86. The van der Waals surface area contributed by atoms with Crippen molar-refractivity contribution in [1.82, 2.24) is 9.88 Å². The monoisotopic (exact) mass is 632 g/mol. The third-order valence-corrected chi connectivity index (χ3v) is 11.6. The van der Waals surface area contributed by atoms with E-state index in [1.165, 1.54) is 54.6 Å². The van der Waals surface area contributed by atoms with Gasteiger partial charge in [0.2, 0.25) is 0 Å². The quantitative estimate of drug-likeness (QED) is 0.309. The standard InChI is InChI=1S/C20H23NO4.C9H9N3O2S2.ClH/c22-13-4-3-12-9-15-20(24)6-5-14(23)18-19(20,16(12)17(13)25-18)7-8-21(15)10-11-1-2-11;10-7-1-3-8(4-2-7)16(13,14)12-9-11-5-6-15-9;/h3-4,11,15,18,22,24H,1-2,5-10H2;1-6H,10H2,(H,11,12);1H/t15-,18+,19+,20-;;/m1../s1. The first-order chi connectivity index (χ1) is 19.6. The van der Waals surface area contributed by atoms with Crippen LogP contribution in [0, 0.1) is 5.92 Å². The van der Waals surface area contributed by atoms with Gasteiger partial charge in [0.25, 0.3) is 10.0 Å². The van der Waals surface area contributed by atoms with E-state index in [0.29, 0.717) is 29.4 Å². The van der Waals surface area contributed by atoms with E-state index in [1.54, 1.807) is 11.4 Å². The number of thiazole rings is 1. The fraction of sp³-hybridized carbons (Fsp3) is 0.448. The van der Waals surface area contributed by atoms with E-state index in [9.17, 15) is 23.4 Å². The highest BCUT2D eigenvalue weighted by Crippen LogP contribution is 2.64. The van der Waals surface area contributed by atoms with Gasteiger partial charge in [-0.2, -0.15) is 0 Å². The second-order valence-electron chi connectivity index (χ2n) is 11.7. The summed E-state index contributed by atoms with van der Waals surface area (Å²) in [7, 11) is -3.56. The Morgan fingerprint density at radius 3 is 2.62 bits per heavy atom. The molecule has 0 radical (unpaired) electrons. The van der Waals surface area contributed by atoms with Gasteiger partial charge in [0, 0.05) is 41.8 Å². The minimum absolute atomic E-state index is 0. The molecule has 8 rings (SSSR count). The normalized spacial score (nSPS) is 28.9. The Kier molecular flexibility index (Phi) is 7.21. The molecule has 3 heterocycles. The summed E-state index contributed by atoms with van der Waals surface area (Å²) in [4.78, 5) is 19.2. The molecule has 2 aromatic carbocycles. The number of likely N-dealkylation sites (tertiary alicyclic amines) is 1. The van der Waals surface area contributed by atoms with Crippen molar-refractivity contribution in [3.05, 3.63) is 59.1 Å². The van der Waals surface area contributed by atoms with E-state index < -0.39 is 27.1 Å². The van der Waals surface area contributed by atoms with Gasteiger partial charge in [0.15, 0.2) is 28.5 Å². The summed E-state index contributed by atoms with van der Waals surface area (Å²) < 4.78 is 32.1. The number of piperidine rings is 1. The molecule has 1 spiro atoms. The lowest BCUT2D eigenvalue weighted by Crippen LogP contribution is -2.76. The Morgan fingerprint density at radius 1 is 1.17 bits per heavy atom. The van der Waals surface area contributed by atoms with Gasteiger partial charge in [0.1, 0.15) is 0 Å². The van der Waals surface area contributed by atoms with Crippen molar-refractivity contribution >= 4 is 50.4 Å². The number of nitrogens with two attached hydrogens (primary N) is 1. The van der Waals surface area contributed by atoms with Gasteiger partial charge >= 0.3 is 0 Å². The van der Waals surface area contributed by atoms with Crippen LogP contribution in [0.2, 0.25) is 0 Å². The van der Waals surface area contributed by atoms with Crippen molar-refractivity contribution in [3.8, 4) is 11.5 Å². The number of carbonyl (C=O) groups excluding carboxylic acids is 1. The molecular weight excluding hydrogens is 600 g/mol. The minimum atomic E-state index is -3.56. The molecule has 1 aromatic heterocycles. The number of Topliss-reactive ketones (excluding diaryl/α,β-unsaturated/α-hetero) is 1. The lowest BCUT2D eigenvalue weighted by molar-refractivity contribution is -0.188. The maximum atomic E-state index is 12.7. The summed E-state index contributed by atoms with van der Waals surface area (Å²) >= 11 is 1.22. The molecule has 42 heavy (non-hydrogen) atoms. The first-order valence-corrected chi connectivity index (χ1v) is 16.3. The number of hydrogen-bond donors (Lipinski definition) is 4. The number of anilines is 2. The molecule has 5 aliphatic rings. The Bertz CT molecular complexity index is 1620. The van der Waals surface area contributed by atoms with E-state index in [1.807, 2.05) is 6.07 Å². The summed E-state index contributed by atoms with van der Waals surface area (Å²) in [5, 5.41) is 24.3. The van der Waals surface area contributed by atoms with Crippen LogP contribution in [0.3, 0.4) is 0 Å².